The monoisotopic (exact) mass is 387 g/mol. The molecule has 0 radical (unpaired) electrons. The van der Waals surface area contributed by atoms with Gasteiger partial charge in [-0.05, 0) is 37.5 Å². The normalized spacial score (nSPS) is 15.3. The van der Waals surface area contributed by atoms with Gasteiger partial charge in [-0.1, -0.05) is 49.4 Å². The van der Waals surface area contributed by atoms with Crippen LogP contribution in [0.4, 0.5) is 0 Å². The van der Waals surface area contributed by atoms with Crippen molar-refractivity contribution in [1.82, 2.24) is 15.1 Å². The number of hydrogen-bond donors (Lipinski definition) is 1. The number of rotatable bonds is 6. The number of aryl methyl sites for hydroxylation is 1. The second kappa shape index (κ2) is 9.70. The summed E-state index contributed by atoms with van der Waals surface area (Å²) in [6.07, 6.45) is 8.09. The summed E-state index contributed by atoms with van der Waals surface area (Å²) in [5.74, 6) is 0.0730. The zero-order chi connectivity index (χ0) is 19.1. The van der Waals surface area contributed by atoms with Crippen molar-refractivity contribution < 1.29 is 4.79 Å². The first-order valence-corrected chi connectivity index (χ1v) is 10.1. The van der Waals surface area contributed by atoms with Crippen molar-refractivity contribution in [1.29, 1.82) is 0 Å². The van der Waals surface area contributed by atoms with Gasteiger partial charge in [-0.25, -0.2) is 4.68 Å². The van der Waals surface area contributed by atoms with Crippen LogP contribution in [0.2, 0.25) is 5.02 Å². The predicted octanol–water partition coefficient (Wildman–Crippen LogP) is 4.18. The Morgan fingerprint density at radius 1 is 1.07 bits per heavy atom. The molecule has 1 fully saturated rings. The van der Waals surface area contributed by atoms with Crippen LogP contribution in [0.15, 0.2) is 41.2 Å². The maximum absolute atomic E-state index is 12.2. The highest BCUT2D eigenvalue weighted by Crippen LogP contribution is 2.19. The SMILES string of the molecule is O=C(CCCn1nc(-c2ccc(Cl)cc2)ccc1=O)NC1CCCCCC1. The molecular weight excluding hydrogens is 362 g/mol. The minimum absolute atomic E-state index is 0.0730. The lowest BCUT2D eigenvalue weighted by atomic mass is 10.1. The Labute approximate surface area is 164 Å². The van der Waals surface area contributed by atoms with Gasteiger partial charge in [0.25, 0.3) is 5.56 Å². The number of nitrogens with one attached hydrogen (secondary N) is 1. The number of aromatic nitrogens is 2. The van der Waals surface area contributed by atoms with Gasteiger partial charge in [0.1, 0.15) is 0 Å². The Bertz CT molecular complexity index is 809. The summed E-state index contributed by atoms with van der Waals surface area (Å²) in [6, 6.07) is 10.9. The minimum Gasteiger partial charge on any atom is -0.353 e. The van der Waals surface area contributed by atoms with Crippen molar-refractivity contribution in [3.63, 3.8) is 0 Å². The molecule has 0 unspecified atom stereocenters. The van der Waals surface area contributed by atoms with Gasteiger partial charge in [0.2, 0.25) is 5.91 Å². The van der Waals surface area contributed by atoms with Gasteiger partial charge in [0.15, 0.2) is 0 Å². The zero-order valence-corrected chi connectivity index (χ0v) is 16.3. The van der Waals surface area contributed by atoms with E-state index >= 15 is 0 Å². The fourth-order valence-electron chi connectivity index (χ4n) is 3.50. The Morgan fingerprint density at radius 3 is 2.48 bits per heavy atom. The van der Waals surface area contributed by atoms with E-state index in [1.54, 1.807) is 18.2 Å². The van der Waals surface area contributed by atoms with Crippen molar-refractivity contribution in [2.24, 2.45) is 0 Å². The first kappa shape index (κ1) is 19.6. The fourth-order valence-corrected chi connectivity index (χ4v) is 3.62. The molecule has 0 saturated heterocycles. The van der Waals surface area contributed by atoms with E-state index in [-0.39, 0.29) is 11.5 Å². The molecule has 0 atom stereocenters. The van der Waals surface area contributed by atoms with Crippen molar-refractivity contribution in [3.05, 3.63) is 51.8 Å². The maximum Gasteiger partial charge on any atom is 0.266 e. The molecule has 0 aliphatic heterocycles. The molecule has 1 amide bonds. The van der Waals surface area contributed by atoms with Gasteiger partial charge in [-0.15, -0.1) is 0 Å². The van der Waals surface area contributed by atoms with Crippen molar-refractivity contribution in [2.45, 2.75) is 64.0 Å². The van der Waals surface area contributed by atoms with Gasteiger partial charge in [0.05, 0.1) is 5.69 Å². The molecule has 1 aromatic carbocycles. The molecule has 2 aromatic rings. The van der Waals surface area contributed by atoms with E-state index in [0.717, 1.165) is 18.4 Å². The Morgan fingerprint density at radius 2 is 1.78 bits per heavy atom. The van der Waals surface area contributed by atoms with Gasteiger partial charge in [0, 0.05) is 35.7 Å². The molecule has 27 heavy (non-hydrogen) atoms. The summed E-state index contributed by atoms with van der Waals surface area (Å²) in [7, 11) is 0. The van der Waals surface area contributed by atoms with Crippen LogP contribution in [-0.2, 0) is 11.3 Å². The van der Waals surface area contributed by atoms with Crippen molar-refractivity contribution in [3.8, 4) is 11.3 Å². The minimum atomic E-state index is -0.156. The molecular formula is C21H26ClN3O2. The van der Waals surface area contributed by atoms with E-state index < -0.39 is 0 Å². The van der Waals surface area contributed by atoms with Gasteiger partial charge < -0.3 is 5.32 Å². The summed E-state index contributed by atoms with van der Waals surface area (Å²) >= 11 is 5.92. The number of amides is 1. The van der Waals surface area contributed by atoms with E-state index in [0.29, 0.717) is 36.1 Å². The molecule has 3 rings (SSSR count). The number of benzene rings is 1. The highest BCUT2D eigenvalue weighted by molar-refractivity contribution is 6.30. The van der Waals surface area contributed by atoms with E-state index in [2.05, 4.69) is 10.4 Å². The third kappa shape index (κ3) is 5.93. The number of hydrogen-bond acceptors (Lipinski definition) is 3. The Hall–Kier alpha value is -2.14. The van der Waals surface area contributed by atoms with Gasteiger partial charge in [-0.2, -0.15) is 5.10 Å². The van der Waals surface area contributed by atoms with E-state index in [4.69, 9.17) is 11.6 Å². The lowest BCUT2D eigenvalue weighted by Crippen LogP contribution is -2.34. The summed E-state index contributed by atoms with van der Waals surface area (Å²) in [4.78, 5) is 24.3. The number of nitrogens with zero attached hydrogens (tertiary/aromatic N) is 2. The summed E-state index contributed by atoms with van der Waals surface area (Å²) in [5.41, 5.74) is 1.46. The summed E-state index contributed by atoms with van der Waals surface area (Å²) in [5, 5.41) is 8.23. The number of carbonyl (C=O) groups is 1. The first-order chi connectivity index (χ1) is 13.1. The van der Waals surface area contributed by atoms with E-state index in [1.165, 1.54) is 36.4 Å². The smallest absolute Gasteiger partial charge is 0.266 e. The highest BCUT2D eigenvalue weighted by atomic mass is 35.5. The quantitative estimate of drug-likeness (QED) is 0.756. The molecule has 0 bridgehead atoms. The van der Waals surface area contributed by atoms with Gasteiger partial charge in [-0.3, -0.25) is 9.59 Å². The Balaban J connectivity index is 1.54. The van der Waals surface area contributed by atoms with E-state index in [9.17, 15) is 9.59 Å². The highest BCUT2D eigenvalue weighted by Gasteiger charge is 2.14. The molecule has 1 N–H and O–H groups in total. The molecule has 1 saturated carbocycles. The molecule has 5 nitrogen and oxygen atoms in total. The van der Waals surface area contributed by atoms with Gasteiger partial charge >= 0.3 is 0 Å². The molecule has 6 heteroatoms. The Kier molecular flexibility index (Phi) is 7.04. The van der Waals surface area contributed by atoms with Crippen molar-refractivity contribution >= 4 is 17.5 Å². The number of halogens is 1. The zero-order valence-electron chi connectivity index (χ0n) is 15.5. The molecule has 144 valence electrons. The summed E-state index contributed by atoms with van der Waals surface area (Å²) in [6.45, 7) is 0.429. The third-order valence-electron chi connectivity index (χ3n) is 5.00. The lowest BCUT2D eigenvalue weighted by Gasteiger charge is -2.16. The molecule has 1 aromatic heterocycles. The first-order valence-electron chi connectivity index (χ1n) is 9.75. The van der Waals surface area contributed by atoms with Crippen LogP contribution < -0.4 is 10.9 Å². The molecule has 1 heterocycles. The third-order valence-corrected chi connectivity index (χ3v) is 5.25. The topological polar surface area (TPSA) is 64.0 Å². The standard InChI is InChI=1S/C21H26ClN3O2/c22-17-11-9-16(10-12-17)19-13-14-21(27)25(24-19)15-5-8-20(26)23-18-6-3-1-2-4-7-18/h9-14,18H,1-8,15H2,(H,23,26). The average Bonchev–Trinajstić information content (AvgIpc) is 2.92. The predicted molar refractivity (Wildman–Crippen MR) is 108 cm³/mol. The lowest BCUT2D eigenvalue weighted by molar-refractivity contribution is -0.122. The van der Waals surface area contributed by atoms with Crippen LogP contribution in [0.25, 0.3) is 11.3 Å². The fraction of sp³-hybridized carbons (Fsp3) is 0.476. The number of carbonyl (C=O) groups excluding carboxylic acids is 1. The second-order valence-electron chi connectivity index (χ2n) is 7.15. The van der Waals surface area contributed by atoms with Crippen LogP contribution in [0.1, 0.15) is 51.4 Å². The average molecular weight is 388 g/mol. The largest absolute Gasteiger partial charge is 0.353 e. The molecule has 1 aliphatic carbocycles. The van der Waals surface area contributed by atoms with E-state index in [1.807, 2.05) is 12.1 Å². The van der Waals surface area contributed by atoms with Crippen LogP contribution in [0.3, 0.4) is 0 Å². The molecule has 1 aliphatic rings. The summed E-state index contributed by atoms with van der Waals surface area (Å²) < 4.78 is 1.43. The van der Waals surface area contributed by atoms with Crippen LogP contribution >= 0.6 is 11.6 Å². The maximum atomic E-state index is 12.2. The van der Waals surface area contributed by atoms with Crippen molar-refractivity contribution in [2.75, 3.05) is 0 Å². The second-order valence-corrected chi connectivity index (χ2v) is 7.58. The van der Waals surface area contributed by atoms with Crippen LogP contribution in [0, 0.1) is 0 Å². The van der Waals surface area contributed by atoms with Crippen LogP contribution in [0.5, 0.6) is 0 Å². The van der Waals surface area contributed by atoms with Crippen LogP contribution in [-0.4, -0.2) is 21.7 Å². The molecule has 0 spiro atoms.